The highest BCUT2D eigenvalue weighted by Crippen LogP contribution is 2.23. The minimum absolute atomic E-state index is 0.303. The standard InChI is InChI=1S/C21H14ClN5O2S/c22-21-24-11-16(30-21)10-23-15-7-6-14-8-17(20(28)29-18(14)9-15)27-12-25-19(26-27)13-4-2-1-3-5-13/h1-9,11-12,23H,10H2. The van der Waals surface area contributed by atoms with Crippen molar-refractivity contribution in [1.82, 2.24) is 19.7 Å². The average Bonchev–Trinajstić information content (AvgIpc) is 3.41. The van der Waals surface area contributed by atoms with Crippen molar-refractivity contribution in [3.8, 4) is 17.1 Å². The van der Waals surface area contributed by atoms with Gasteiger partial charge in [-0.1, -0.05) is 41.9 Å². The van der Waals surface area contributed by atoms with Gasteiger partial charge in [-0.25, -0.2) is 19.4 Å². The molecule has 0 amide bonds. The van der Waals surface area contributed by atoms with Crippen LogP contribution >= 0.6 is 22.9 Å². The lowest BCUT2D eigenvalue weighted by Crippen LogP contribution is -2.10. The quantitative estimate of drug-likeness (QED) is 0.400. The molecule has 9 heteroatoms. The van der Waals surface area contributed by atoms with E-state index in [-0.39, 0.29) is 0 Å². The highest BCUT2D eigenvalue weighted by atomic mass is 35.5. The van der Waals surface area contributed by atoms with Crippen LogP contribution in [0.5, 0.6) is 0 Å². The number of hydrogen-bond donors (Lipinski definition) is 1. The zero-order chi connectivity index (χ0) is 20.5. The first-order valence-electron chi connectivity index (χ1n) is 9.05. The van der Waals surface area contributed by atoms with Gasteiger partial charge in [0.1, 0.15) is 11.9 Å². The first-order valence-corrected chi connectivity index (χ1v) is 10.2. The van der Waals surface area contributed by atoms with Gasteiger partial charge in [0.15, 0.2) is 16.0 Å². The van der Waals surface area contributed by atoms with E-state index in [9.17, 15) is 4.79 Å². The van der Waals surface area contributed by atoms with E-state index in [1.54, 1.807) is 18.3 Å². The van der Waals surface area contributed by atoms with E-state index in [4.69, 9.17) is 16.0 Å². The third kappa shape index (κ3) is 3.70. The van der Waals surface area contributed by atoms with Gasteiger partial charge in [0, 0.05) is 33.8 Å². The Morgan fingerprint density at radius 1 is 1.10 bits per heavy atom. The Balaban J connectivity index is 1.43. The van der Waals surface area contributed by atoms with Gasteiger partial charge >= 0.3 is 5.63 Å². The van der Waals surface area contributed by atoms with Gasteiger partial charge in [0.2, 0.25) is 0 Å². The summed E-state index contributed by atoms with van der Waals surface area (Å²) in [5.41, 5.74) is 2.00. The third-order valence-corrected chi connectivity index (χ3v) is 5.60. The molecule has 0 unspecified atom stereocenters. The van der Waals surface area contributed by atoms with Gasteiger partial charge in [-0.05, 0) is 18.2 Å². The summed E-state index contributed by atoms with van der Waals surface area (Å²) in [6.45, 7) is 0.583. The number of aromatic nitrogens is 4. The van der Waals surface area contributed by atoms with Crippen molar-refractivity contribution in [2.24, 2.45) is 0 Å². The molecule has 148 valence electrons. The van der Waals surface area contributed by atoms with Crippen LogP contribution in [0.25, 0.3) is 28.0 Å². The number of fused-ring (bicyclic) bond motifs is 1. The number of benzene rings is 2. The number of halogens is 1. The van der Waals surface area contributed by atoms with Crippen LogP contribution in [0.15, 0.2) is 76.3 Å². The minimum Gasteiger partial charge on any atom is -0.421 e. The molecular weight excluding hydrogens is 422 g/mol. The predicted molar refractivity (Wildman–Crippen MR) is 117 cm³/mol. The number of nitrogens with zero attached hydrogens (tertiary/aromatic N) is 4. The van der Waals surface area contributed by atoms with E-state index in [0.717, 1.165) is 21.5 Å². The van der Waals surface area contributed by atoms with Crippen LogP contribution in [-0.2, 0) is 6.54 Å². The number of hydrogen-bond acceptors (Lipinski definition) is 7. The van der Waals surface area contributed by atoms with Gasteiger partial charge < -0.3 is 9.73 Å². The maximum absolute atomic E-state index is 12.6. The van der Waals surface area contributed by atoms with Crippen LogP contribution in [0, 0.1) is 0 Å². The van der Waals surface area contributed by atoms with Crippen molar-refractivity contribution in [3.05, 3.63) is 86.9 Å². The third-order valence-electron chi connectivity index (χ3n) is 4.48. The lowest BCUT2D eigenvalue weighted by Gasteiger charge is -2.06. The highest BCUT2D eigenvalue weighted by Gasteiger charge is 2.11. The first kappa shape index (κ1) is 18.5. The molecule has 5 aromatic rings. The molecule has 7 nitrogen and oxygen atoms in total. The SMILES string of the molecule is O=c1oc2cc(NCc3cnc(Cl)s3)ccc2cc1-n1cnc(-c2ccccc2)n1. The lowest BCUT2D eigenvalue weighted by molar-refractivity contribution is 0.552. The molecule has 0 bridgehead atoms. The van der Waals surface area contributed by atoms with Crippen LogP contribution in [0.3, 0.4) is 0 Å². The fourth-order valence-corrected chi connectivity index (χ4v) is 3.94. The molecular formula is C21H14ClN5O2S. The number of thiazole rings is 1. The van der Waals surface area contributed by atoms with E-state index in [2.05, 4.69) is 20.4 Å². The molecule has 3 heterocycles. The van der Waals surface area contributed by atoms with Gasteiger partial charge in [0.05, 0.1) is 6.54 Å². The smallest absolute Gasteiger partial charge is 0.362 e. The van der Waals surface area contributed by atoms with E-state index in [1.165, 1.54) is 22.3 Å². The molecule has 0 atom stereocenters. The zero-order valence-corrected chi connectivity index (χ0v) is 17.0. The van der Waals surface area contributed by atoms with E-state index < -0.39 is 5.63 Å². The summed E-state index contributed by atoms with van der Waals surface area (Å²) in [7, 11) is 0. The maximum Gasteiger partial charge on any atom is 0.362 e. The first-order chi connectivity index (χ1) is 14.7. The molecule has 0 saturated heterocycles. The highest BCUT2D eigenvalue weighted by molar-refractivity contribution is 7.15. The second-order valence-electron chi connectivity index (χ2n) is 6.48. The van der Waals surface area contributed by atoms with Crippen molar-refractivity contribution in [3.63, 3.8) is 0 Å². The molecule has 0 saturated carbocycles. The van der Waals surface area contributed by atoms with Crippen molar-refractivity contribution in [2.75, 3.05) is 5.32 Å². The van der Waals surface area contributed by atoms with E-state index >= 15 is 0 Å². The topological polar surface area (TPSA) is 85.8 Å². The molecule has 0 aliphatic heterocycles. The number of rotatable bonds is 5. The normalized spacial score (nSPS) is 11.1. The van der Waals surface area contributed by atoms with Crippen LogP contribution in [0.4, 0.5) is 5.69 Å². The molecule has 30 heavy (non-hydrogen) atoms. The second kappa shape index (κ2) is 7.74. The molecule has 3 aromatic heterocycles. The summed E-state index contributed by atoms with van der Waals surface area (Å²) in [4.78, 5) is 21.9. The Hall–Kier alpha value is -3.49. The fourth-order valence-electron chi connectivity index (χ4n) is 3.02. The van der Waals surface area contributed by atoms with Crippen molar-refractivity contribution in [1.29, 1.82) is 0 Å². The molecule has 0 spiro atoms. The molecule has 0 aliphatic carbocycles. The fraction of sp³-hybridized carbons (Fsp3) is 0.0476. The predicted octanol–water partition coefficient (Wildman–Crippen LogP) is 4.76. The Morgan fingerprint density at radius 3 is 2.77 bits per heavy atom. The summed E-state index contributed by atoms with van der Waals surface area (Å²) in [5.74, 6) is 0.540. The Kier molecular flexibility index (Phi) is 4.78. The Labute approximate surface area is 179 Å². The molecule has 5 rings (SSSR count). The molecule has 0 fully saturated rings. The van der Waals surface area contributed by atoms with Crippen LogP contribution in [0.2, 0.25) is 4.47 Å². The van der Waals surface area contributed by atoms with Crippen LogP contribution in [-0.4, -0.2) is 19.7 Å². The second-order valence-corrected chi connectivity index (χ2v) is 8.18. The van der Waals surface area contributed by atoms with Crippen LogP contribution < -0.4 is 10.9 Å². The number of anilines is 1. The maximum atomic E-state index is 12.6. The summed E-state index contributed by atoms with van der Waals surface area (Å²) >= 11 is 7.27. The van der Waals surface area contributed by atoms with Crippen molar-refractivity contribution < 1.29 is 4.42 Å². The van der Waals surface area contributed by atoms with Crippen molar-refractivity contribution in [2.45, 2.75) is 6.54 Å². The molecule has 1 N–H and O–H groups in total. The van der Waals surface area contributed by atoms with E-state index in [1.807, 2.05) is 42.5 Å². The average molecular weight is 436 g/mol. The summed E-state index contributed by atoms with van der Waals surface area (Å²) in [5, 5.41) is 8.48. The van der Waals surface area contributed by atoms with E-state index in [0.29, 0.717) is 28.1 Å². The summed E-state index contributed by atoms with van der Waals surface area (Å²) in [6.07, 6.45) is 3.24. The Morgan fingerprint density at radius 2 is 1.97 bits per heavy atom. The summed E-state index contributed by atoms with van der Waals surface area (Å²) < 4.78 is 7.49. The number of nitrogens with one attached hydrogen (secondary N) is 1. The van der Waals surface area contributed by atoms with Gasteiger partial charge in [-0.3, -0.25) is 0 Å². The zero-order valence-electron chi connectivity index (χ0n) is 15.4. The monoisotopic (exact) mass is 435 g/mol. The minimum atomic E-state index is -0.488. The molecule has 0 radical (unpaired) electrons. The van der Waals surface area contributed by atoms with Crippen molar-refractivity contribution >= 4 is 39.6 Å². The largest absolute Gasteiger partial charge is 0.421 e. The molecule has 2 aromatic carbocycles. The van der Waals surface area contributed by atoms with Crippen LogP contribution in [0.1, 0.15) is 4.88 Å². The van der Waals surface area contributed by atoms with Gasteiger partial charge in [0.25, 0.3) is 0 Å². The Bertz CT molecular complexity index is 1390. The lowest BCUT2D eigenvalue weighted by atomic mass is 10.2. The summed E-state index contributed by atoms with van der Waals surface area (Å²) in [6, 6.07) is 16.9. The van der Waals surface area contributed by atoms with Gasteiger partial charge in [-0.15, -0.1) is 16.4 Å². The van der Waals surface area contributed by atoms with Gasteiger partial charge in [-0.2, -0.15) is 0 Å². The molecule has 0 aliphatic rings.